The van der Waals surface area contributed by atoms with Crippen molar-refractivity contribution in [1.82, 2.24) is 34.2 Å². The summed E-state index contributed by atoms with van der Waals surface area (Å²) in [4.78, 5) is 23.4. The number of piperidine rings is 1. The number of nitrogens with zero attached hydrogens (tertiary/aromatic N) is 7. The van der Waals surface area contributed by atoms with Crippen molar-refractivity contribution >= 4 is 5.91 Å². The fraction of sp³-hybridized carbons (Fsp3) is 0.450. The molecule has 0 unspecified atom stereocenters. The van der Waals surface area contributed by atoms with Crippen LogP contribution in [0.1, 0.15) is 46.6 Å². The van der Waals surface area contributed by atoms with Gasteiger partial charge in [0.25, 0.3) is 5.91 Å². The van der Waals surface area contributed by atoms with Crippen LogP contribution < -0.4 is 0 Å². The van der Waals surface area contributed by atoms with Gasteiger partial charge in [0.05, 0.1) is 25.2 Å². The van der Waals surface area contributed by atoms with Gasteiger partial charge in [-0.25, -0.2) is 9.97 Å². The van der Waals surface area contributed by atoms with Gasteiger partial charge >= 0.3 is 0 Å². The largest absolute Gasteiger partial charge is 0.378 e. The second-order valence-corrected chi connectivity index (χ2v) is 7.31. The van der Waals surface area contributed by atoms with E-state index < -0.39 is 0 Å². The number of methoxy groups -OCH3 is 1. The van der Waals surface area contributed by atoms with Crippen LogP contribution in [-0.2, 0) is 24.9 Å². The smallest absolute Gasteiger partial charge is 0.272 e. The molecule has 1 aliphatic rings. The SMILES string of the molecule is COCc1cccc(C(=O)N2CCC[C@H](c3nnc(Cn4ccnc4)n3C)C2)n1. The van der Waals surface area contributed by atoms with Crippen molar-refractivity contribution in [3.05, 3.63) is 60.0 Å². The molecule has 3 aromatic rings. The predicted molar refractivity (Wildman–Crippen MR) is 105 cm³/mol. The normalized spacial score (nSPS) is 16.9. The molecule has 0 aliphatic carbocycles. The number of likely N-dealkylation sites (tertiary alicyclic amines) is 1. The van der Waals surface area contributed by atoms with Crippen LogP contribution in [0.4, 0.5) is 0 Å². The minimum Gasteiger partial charge on any atom is -0.378 e. The van der Waals surface area contributed by atoms with E-state index in [1.54, 1.807) is 25.7 Å². The molecule has 4 rings (SSSR count). The van der Waals surface area contributed by atoms with E-state index in [4.69, 9.17) is 4.74 Å². The number of carbonyl (C=O) groups excluding carboxylic acids is 1. The molecule has 0 saturated carbocycles. The van der Waals surface area contributed by atoms with Gasteiger partial charge in [0.15, 0.2) is 5.82 Å². The highest BCUT2D eigenvalue weighted by atomic mass is 16.5. The van der Waals surface area contributed by atoms with E-state index in [9.17, 15) is 4.79 Å². The van der Waals surface area contributed by atoms with Crippen molar-refractivity contribution in [3.8, 4) is 0 Å². The lowest BCUT2D eigenvalue weighted by molar-refractivity contribution is 0.0696. The molecule has 29 heavy (non-hydrogen) atoms. The lowest BCUT2D eigenvalue weighted by Crippen LogP contribution is -2.40. The van der Waals surface area contributed by atoms with Crippen molar-refractivity contribution in [2.75, 3.05) is 20.2 Å². The van der Waals surface area contributed by atoms with E-state index >= 15 is 0 Å². The van der Waals surface area contributed by atoms with Crippen LogP contribution >= 0.6 is 0 Å². The summed E-state index contributed by atoms with van der Waals surface area (Å²) in [5.74, 6) is 1.89. The third kappa shape index (κ3) is 4.19. The standard InChI is InChI=1S/C20H25N7O2/c1-25-18(12-26-10-8-21-14-26)23-24-19(25)15-5-4-9-27(11-15)20(28)17-7-3-6-16(22-17)13-29-2/h3,6-8,10,14-15H,4-5,9,11-13H2,1-2H3/t15-/m0/s1. The van der Waals surface area contributed by atoms with Crippen LogP contribution in [-0.4, -0.2) is 60.3 Å². The maximum Gasteiger partial charge on any atom is 0.272 e. The summed E-state index contributed by atoms with van der Waals surface area (Å²) in [7, 11) is 3.60. The van der Waals surface area contributed by atoms with Crippen LogP contribution in [0.2, 0.25) is 0 Å². The highest BCUT2D eigenvalue weighted by Crippen LogP contribution is 2.26. The number of hydrogen-bond acceptors (Lipinski definition) is 6. The molecular formula is C20H25N7O2. The predicted octanol–water partition coefficient (Wildman–Crippen LogP) is 1.62. The Balaban J connectivity index is 1.48. The molecule has 1 atom stereocenters. The minimum absolute atomic E-state index is 0.0477. The molecule has 3 aromatic heterocycles. The highest BCUT2D eigenvalue weighted by molar-refractivity contribution is 5.92. The first-order chi connectivity index (χ1) is 14.2. The molecule has 1 saturated heterocycles. The molecular weight excluding hydrogens is 370 g/mol. The molecule has 1 fully saturated rings. The monoisotopic (exact) mass is 395 g/mol. The number of aromatic nitrogens is 6. The third-order valence-electron chi connectivity index (χ3n) is 5.27. The van der Waals surface area contributed by atoms with Gasteiger partial charge in [-0.05, 0) is 25.0 Å². The van der Waals surface area contributed by atoms with E-state index in [-0.39, 0.29) is 11.8 Å². The lowest BCUT2D eigenvalue weighted by atomic mass is 9.97. The average molecular weight is 395 g/mol. The first-order valence-corrected chi connectivity index (χ1v) is 9.73. The number of amides is 1. The van der Waals surface area contributed by atoms with E-state index in [1.165, 1.54) is 0 Å². The van der Waals surface area contributed by atoms with Crippen molar-refractivity contribution in [2.24, 2.45) is 7.05 Å². The van der Waals surface area contributed by atoms with Crippen LogP contribution in [0.15, 0.2) is 36.9 Å². The van der Waals surface area contributed by atoms with Crippen molar-refractivity contribution in [2.45, 2.75) is 31.9 Å². The Morgan fingerprint density at radius 1 is 1.31 bits per heavy atom. The summed E-state index contributed by atoms with van der Waals surface area (Å²) in [5.41, 5.74) is 1.21. The maximum atomic E-state index is 13.0. The fourth-order valence-corrected chi connectivity index (χ4v) is 3.77. The van der Waals surface area contributed by atoms with Gasteiger partial charge in [-0.3, -0.25) is 4.79 Å². The molecule has 4 heterocycles. The van der Waals surface area contributed by atoms with E-state index in [1.807, 2.05) is 39.4 Å². The first-order valence-electron chi connectivity index (χ1n) is 9.73. The summed E-state index contributed by atoms with van der Waals surface area (Å²) in [5, 5.41) is 8.79. The molecule has 1 aliphatic heterocycles. The van der Waals surface area contributed by atoms with Crippen molar-refractivity contribution < 1.29 is 9.53 Å². The molecule has 0 aromatic carbocycles. The number of imidazole rings is 1. The zero-order chi connectivity index (χ0) is 20.2. The Labute approximate surface area is 169 Å². The summed E-state index contributed by atoms with van der Waals surface area (Å²) >= 11 is 0. The van der Waals surface area contributed by atoms with Gasteiger partial charge in [0.2, 0.25) is 0 Å². The van der Waals surface area contributed by atoms with Crippen molar-refractivity contribution in [3.63, 3.8) is 0 Å². The topological polar surface area (TPSA) is 91.0 Å². The number of ether oxygens (including phenoxy) is 1. The van der Waals surface area contributed by atoms with Gasteiger partial charge in [-0.15, -0.1) is 10.2 Å². The third-order valence-corrected chi connectivity index (χ3v) is 5.27. The Morgan fingerprint density at radius 3 is 3.00 bits per heavy atom. The van der Waals surface area contributed by atoms with Crippen LogP contribution in [0.3, 0.4) is 0 Å². The number of rotatable bonds is 6. The first kappa shape index (κ1) is 19.3. The second-order valence-electron chi connectivity index (χ2n) is 7.31. The number of hydrogen-bond donors (Lipinski definition) is 0. The van der Waals surface area contributed by atoms with Gasteiger partial charge < -0.3 is 18.8 Å². The summed E-state index contributed by atoms with van der Waals surface area (Å²) in [6, 6.07) is 5.47. The van der Waals surface area contributed by atoms with Crippen LogP contribution in [0, 0.1) is 0 Å². The van der Waals surface area contributed by atoms with E-state index in [0.717, 1.165) is 36.7 Å². The van der Waals surface area contributed by atoms with E-state index in [2.05, 4.69) is 20.2 Å². The molecule has 0 spiro atoms. The van der Waals surface area contributed by atoms with Gasteiger partial charge in [-0.1, -0.05) is 6.07 Å². The summed E-state index contributed by atoms with van der Waals surface area (Å²) in [6.07, 6.45) is 7.33. The number of carbonyl (C=O) groups is 1. The molecule has 0 radical (unpaired) electrons. The fourth-order valence-electron chi connectivity index (χ4n) is 3.77. The lowest BCUT2D eigenvalue weighted by Gasteiger charge is -2.32. The van der Waals surface area contributed by atoms with Crippen molar-refractivity contribution in [1.29, 1.82) is 0 Å². The molecule has 9 nitrogen and oxygen atoms in total. The number of pyridine rings is 1. The minimum atomic E-state index is -0.0477. The van der Waals surface area contributed by atoms with Crippen LogP contribution in [0.5, 0.6) is 0 Å². The summed E-state index contributed by atoms with van der Waals surface area (Å²) in [6.45, 7) is 2.36. The Bertz CT molecular complexity index is 967. The maximum absolute atomic E-state index is 13.0. The Kier molecular flexibility index (Phi) is 5.66. The molecule has 0 N–H and O–H groups in total. The highest BCUT2D eigenvalue weighted by Gasteiger charge is 2.29. The average Bonchev–Trinajstić information content (AvgIpc) is 3.39. The zero-order valence-electron chi connectivity index (χ0n) is 16.7. The molecule has 0 bridgehead atoms. The zero-order valence-corrected chi connectivity index (χ0v) is 16.7. The quantitative estimate of drug-likeness (QED) is 0.630. The Morgan fingerprint density at radius 2 is 2.21 bits per heavy atom. The van der Waals surface area contributed by atoms with Crippen LogP contribution in [0.25, 0.3) is 0 Å². The van der Waals surface area contributed by atoms with Gasteiger partial charge in [0.1, 0.15) is 11.5 Å². The second kappa shape index (κ2) is 8.52. The molecule has 9 heteroatoms. The summed E-state index contributed by atoms with van der Waals surface area (Å²) < 4.78 is 9.12. The molecule has 1 amide bonds. The van der Waals surface area contributed by atoms with E-state index in [0.29, 0.717) is 25.4 Å². The Hall–Kier alpha value is -3.07. The molecule has 152 valence electrons. The van der Waals surface area contributed by atoms with Gasteiger partial charge in [0, 0.05) is 45.6 Å². The van der Waals surface area contributed by atoms with Gasteiger partial charge in [-0.2, -0.15) is 0 Å².